The lowest BCUT2D eigenvalue weighted by atomic mass is 10.1. The first-order chi connectivity index (χ1) is 13.8. The maximum Gasteiger partial charge on any atom is 0.322 e. The third kappa shape index (κ3) is 3.77. The van der Waals surface area contributed by atoms with Crippen LogP contribution in [-0.2, 0) is 9.59 Å². The normalized spacial score (nSPS) is 16.5. The predicted octanol–water partition coefficient (Wildman–Crippen LogP) is 3.42. The van der Waals surface area contributed by atoms with Gasteiger partial charge in [-0.3, -0.25) is 14.9 Å². The number of aromatic nitrogens is 3. The number of carbonyl (C=O) groups excluding carboxylic acids is 2. The number of nitrogens with one attached hydrogen (secondary N) is 1. The van der Waals surface area contributed by atoms with Crippen molar-refractivity contribution in [2.75, 3.05) is 16.8 Å². The minimum atomic E-state index is -0.480. The van der Waals surface area contributed by atoms with Gasteiger partial charge in [-0.25, -0.2) is 4.98 Å². The summed E-state index contributed by atoms with van der Waals surface area (Å²) in [6.07, 6.45) is 0.146. The molecule has 3 aromatic rings. The predicted molar refractivity (Wildman–Crippen MR) is 110 cm³/mol. The Bertz CT molecular complexity index is 1100. The van der Waals surface area contributed by atoms with Gasteiger partial charge in [-0.15, -0.1) is 16.4 Å². The monoisotopic (exact) mass is 411 g/mol. The van der Waals surface area contributed by atoms with Crippen molar-refractivity contribution in [2.45, 2.75) is 34.1 Å². The van der Waals surface area contributed by atoms with E-state index in [0.717, 1.165) is 32.4 Å². The van der Waals surface area contributed by atoms with Crippen molar-refractivity contribution < 1.29 is 14.0 Å². The Balaban J connectivity index is 1.45. The van der Waals surface area contributed by atoms with E-state index < -0.39 is 5.92 Å². The molecule has 1 saturated heterocycles. The first-order valence-electron chi connectivity index (χ1n) is 9.28. The summed E-state index contributed by atoms with van der Waals surface area (Å²) in [7, 11) is 0. The van der Waals surface area contributed by atoms with Crippen molar-refractivity contribution >= 4 is 34.9 Å². The van der Waals surface area contributed by atoms with Gasteiger partial charge in [-0.05, 0) is 51.0 Å². The molecule has 2 amide bonds. The van der Waals surface area contributed by atoms with Crippen LogP contribution in [0, 0.1) is 33.6 Å². The highest BCUT2D eigenvalue weighted by molar-refractivity contribution is 7.15. The van der Waals surface area contributed by atoms with Crippen LogP contribution in [0.25, 0.3) is 10.8 Å². The number of hydrogen-bond acceptors (Lipinski definition) is 7. The van der Waals surface area contributed by atoms with Crippen LogP contribution < -0.4 is 10.2 Å². The van der Waals surface area contributed by atoms with E-state index in [1.165, 1.54) is 11.3 Å². The smallest absolute Gasteiger partial charge is 0.322 e. The van der Waals surface area contributed by atoms with Gasteiger partial charge in [0.25, 0.3) is 5.89 Å². The summed E-state index contributed by atoms with van der Waals surface area (Å²) in [5.41, 5.74) is 3.88. The van der Waals surface area contributed by atoms with Gasteiger partial charge in [0.05, 0.1) is 16.6 Å². The number of thiazole rings is 1. The van der Waals surface area contributed by atoms with Gasteiger partial charge >= 0.3 is 6.01 Å². The van der Waals surface area contributed by atoms with Crippen molar-refractivity contribution in [3.8, 4) is 10.8 Å². The van der Waals surface area contributed by atoms with Gasteiger partial charge < -0.3 is 9.32 Å². The van der Waals surface area contributed by atoms with Crippen molar-refractivity contribution in [3.63, 3.8) is 0 Å². The SMILES string of the molecule is Cc1nc(C)c(-c2nnc(NC(=O)C3CC(=O)N(c4ccc(C)c(C)c4)C3)o2)s1. The highest BCUT2D eigenvalue weighted by atomic mass is 32.1. The fourth-order valence-electron chi connectivity index (χ4n) is 3.33. The van der Waals surface area contributed by atoms with Gasteiger partial charge in [-0.2, -0.15) is 0 Å². The Hall–Kier alpha value is -3.07. The Morgan fingerprint density at radius 1 is 1.21 bits per heavy atom. The number of aryl methyl sites for hydroxylation is 4. The zero-order valence-corrected chi connectivity index (χ0v) is 17.5. The van der Waals surface area contributed by atoms with Crippen molar-refractivity contribution in [1.29, 1.82) is 0 Å². The number of anilines is 2. The number of hydrogen-bond donors (Lipinski definition) is 1. The summed E-state index contributed by atoms with van der Waals surface area (Å²) in [6.45, 7) is 8.12. The molecule has 0 saturated carbocycles. The van der Waals surface area contributed by atoms with E-state index in [0.29, 0.717) is 12.4 Å². The number of carbonyl (C=O) groups is 2. The average molecular weight is 411 g/mol. The van der Waals surface area contributed by atoms with Gasteiger partial charge in [0, 0.05) is 18.7 Å². The molecule has 1 N–H and O–H groups in total. The molecule has 29 heavy (non-hydrogen) atoms. The molecule has 0 bridgehead atoms. The van der Waals surface area contributed by atoms with Crippen LogP contribution in [0.1, 0.15) is 28.2 Å². The topological polar surface area (TPSA) is 101 Å². The number of benzene rings is 1. The molecule has 3 heterocycles. The van der Waals surface area contributed by atoms with Gasteiger partial charge in [0.15, 0.2) is 0 Å². The zero-order valence-electron chi connectivity index (χ0n) is 16.6. The van der Waals surface area contributed by atoms with Crippen LogP contribution in [-0.4, -0.2) is 33.5 Å². The molecule has 1 atom stereocenters. The Morgan fingerprint density at radius 3 is 2.69 bits per heavy atom. The molecule has 0 spiro atoms. The largest absolute Gasteiger partial charge is 0.402 e. The molecule has 150 valence electrons. The van der Waals surface area contributed by atoms with Crippen molar-refractivity contribution in [1.82, 2.24) is 15.2 Å². The molecular formula is C20H21N5O3S. The molecule has 8 nitrogen and oxygen atoms in total. The fraction of sp³-hybridized carbons (Fsp3) is 0.350. The molecule has 0 radical (unpaired) electrons. The van der Waals surface area contributed by atoms with E-state index in [9.17, 15) is 9.59 Å². The molecule has 1 aliphatic heterocycles. The van der Waals surface area contributed by atoms with Gasteiger partial charge in [0.1, 0.15) is 4.88 Å². The summed E-state index contributed by atoms with van der Waals surface area (Å²) in [4.78, 5) is 31.9. The Morgan fingerprint density at radius 2 is 2.00 bits per heavy atom. The quantitative estimate of drug-likeness (QED) is 0.706. The van der Waals surface area contributed by atoms with Crippen molar-refractivity contribution in [2.24, 2.45) is 5.92 Å². The molecule has 0 aliphatic carbocycles. The molecule has 1 fully saturated rings. The lowest BCUT2D eigenvalue weighted by molar-refractivity contribution is -0.122. The second kappa shape index (κ2) is 7.40. The highest BCUT2D eigenvalue weighted by Gasteiger charge is 2.36. The third-order valence-electron chi connectivity index (χ3n) is 5.05. The number of rotatable bonds is 4. The summed E-state index contributed by atoms with van der Waals surface area (Å²) in [5.74, 6) is -0.540. The van der Waals surface area contributed by atoms with E-state index in [2.05, 4.69) is 20.5 Å². The summed E-state index contributed by atoms with van der Waals surface area (Å²) >= 11 is 1.45. The first kappa shape index (κ1) is 19.3. The first-order valence-corrected chi connectivity index (χ1v) is 10.1. The molecule has 1 aromatic carbocycles. The van der Waals surface area contributed by atoms with Crippen LogP contribution in [0.4, 0.5) is 11.7 Å². The lowest BCUT2D eigenvalue weighted by Crippen LogP contribution is -2.28. The Labute approximate surface area is 172 Å². The second-order valence-corrected chi connectivity index (χ2v) is 8.43. The molecule has 4 rings (SSSR count). The average Bonchev–Trinajstić information content (AvgIpc) is 3.36. The van der Waals surface area contributed by atoms with E-state index in [-0.39, 0.29) is 24.2 Å². The second-order valence-electron chi connectivity index (χ2n) is 7.22. The molecule has 9 heteroatoms. The van der Waals surface area contributed by atoms with Crippen LogP contribution in [0.5, 0.6) is 0 Å². The highest BCUT2D eigenvalue weighted by Crippen LogP contribution is 2.30. The third-order valence-corrected chi connectivity index (χ3v) is 6.11. The summed E-state index contributed by atoms with van der Waals surface area (Å²) in [6, 6.07) is 5.88. The zero-order chi connectivity index (χ0) is 20.7. The van der Waals surface area contributed by atoms with E-state index in [4.69, 9.17) is 4.42 Å². The number of nitrogens with zero attached hydrogens (tertiary/aromatic N) is 4. The standard InChI is InChI=1S/C20H21N5O3S/c1-10-5-6-15(7-11(10)2)25-9-14(8-16(25)26)18(27)22-20-24-23-19(28-20)17-12(3)21-13(4)29-17/h5-7,14H,8-9H2,1-4H3,(H,22,24,27). The van der Waals surface area contributed by atoms with Crippen LogP contribution >= 0.6 is 11.3 Å². The molecule has 1 unspecified atom stereocenters. The summed E-state index contributed by atoms with van der Waals surface area (Å²) in [5, 5.41) is 11.4. The minimum absolute atomic E-state index is 0.0209. The lowest BCUT2D eigenvalue weighted by Gasteiger charge is -2.17. The van der Waals surface area contributed by atoms with Crippen LogP contribution in [0.2, 0.25) is 0 Å². The molecule has 1 aliphatic rings. The maximum absolute atomic E-state index is 12.6. The minimum Gasteiger partial charge on any atom is -0.402 e. The molecule has 2 aromatic heterocycles. The summed E-state index contributed by atoms with van der Waals surface area (Å²) < 4.78 is 5.58. The van der Waals surface area contributed by atoms with E-state index in [1.807, 2.05) is 45.9 Å². The van der Waals surface area contributed by atoms with E-state index >= 15 is 0 Å². The Kier molecular flexibility index (Phi) is 4.91. The van der Waals surface area contributed by atoms with Crippen molar-refractivity contribution in [3.05, 3.63) is 40.0 Å². The van der Waals surface area contributed by atoms with Crippen LogP contribution in [0.15, 0.2) is 22.6 Å². The maximum atomic E-state index is 12.6. The molecular weight excluding hydrogens is 390 g/mol. The van der Waals surface area contributed by atoms with Crippen LogP contribution in [0.3, 0.4) is 0 Å². The fourth-order valence-corrected chi connectivity index (χ4v) is 4.17. The van der Waals surface area contributed by atoms with E-state index in [1.54, 1.807) is 4.90 Å². The number of amides is 2. The van der Waals surface area contributed by atoms with Gasteiger partial charge in [0.2, 0.25) is 11.8 Å². The van der Waals surface area contributed by atoms with Gasteiger partial charge in [-0.1, -0.05) is 11.2 Å².